The van der Waals surface area contributed by atoms with E-state index in [1.807, 2.05) is 0 Å². The number of ether oxygens (including phenoxy) is 2. The van der Waals surface area contributed by atoms with Crippen molar-refractivity contribution in [1.82, 2.24) is 9.97 Å². The average Bonchev–Trinajstić information content (AvgIpc) is 2.52. The molecule has 0 saturated carbocycles. The fourth-order valence-electron chi connectivity index (χ4n) is 1.57. The number of nitrogen functional groups attached to an aromatic ring is 1. The molecule has 0 spiro atoms. The van der Waals surface area contributed by atoms with Gasteiger partial charge in [0.1, 0.15) is 5.75 Å². The van der Waals surface area contributed by atoms with Crippen molar-refractivity contribution in [2.45, 2.75) is 0 Å². The average molecular weight is 287 g/mol. The van der Waals surface area contributed by atoms with Gasteiger partial charge >= 0.3 is 5.97 Å². The molecule has 0 amide bonds. The van der Waals surface area contributed by atoms with E-state index in [0.29, 0.717) is 11.3 Å². The van der Waals surface area contributed by atoms with Crippen LogP contribution in [-0.2, 0) is 4.74 Å². The summed E-state index contributed by atoms with van der Waals surface area (Å²) in [6.45, 7) is -0.402. The third-order valence-electron chi connectivity index (χ3n) is 2.67. The number of hydrogen-bond acceptors (Lipinski definition) is 7. The first kappa shape index (κ1) is 14.4. The van der Waals surface area contributed by atoms with Gasteiger partial charge in [-0.25, -0.2) is 14.8 Å². The van der Waals surface area contributed by atoms with Crippen molar-refractivity contribution < 1.29 is 19.1 Å². The van der Waals surface area contributed by atoms with Gasteiger partial charge in [0.15, 0.2) is 23.9 Å². The van der Waals surface area contributed by atoms with Crippen LogP contribution in [0.5, 0.6) is 5.75 Å². The highest BCUT2D eigenvalue weighted by Gasteiger charge is 2.16. The van der Waals surface area contributed by atoms with Crippen molar-refractivity contribution in [1.29, 1.82) is 0 Å². The third kappa shape index (κ3) is 3.53. The van der Waals surface area contributed by atoms with Gasteiger partial charge in [-0.05, 0) is 24.3 Å². The molecule has 108 valence electrons. The van der Waals surface area contributed by atoms with Crippen LogP contribution in [0.1, 0.15) is 20.8 Å². The minimum absolute atomic E-state index is 0.0422. The summed E-state index contributed by atoms with van der Waals surface area (Å²) in [6.07, 6.45) is 2.67. The number of methoxy groups -OCH3 is 1. The van der Waals surface area contributed by atoms with Crippen LogP contribution in [0, 0.1) is 0 Å². The second-order valence-corrected chi connectivity index (χ2v) is 4.02. The number of benzene rings is 1. The van der Waals surface area contributed by atoms with Crippen LogP contribution < -0.4 is 10.5 Å². The van der Waals surface area contributed by atoms with Gasteiger partial charge in [-0.15, -0.1) is 0 Å². The minimum Gasteiger partial charge on any atom is -0.497 e. The minimum atomic E-state index is -0.789. The first-order chi connectivity index (χ1) is 10.1. The van der Waals surface area contributed by atoms with Crippen molar-refractivity contribution in [3.8, 4) is 5.75 Å². The van der Waals surface area contributed by atoms with Crippen LogP contribution >= 0.6 is 0 Å². The lowest BCUT2D eigenvalue weighted by Gasteiger charge is -2.05. The Bertz CT molecular complexity index is 656. The first-order valence-corrected chi connectivity index (χ1v) is 6.02. The van der Waals surface area contributed by atoms with Gasteiger partial charge in [0, 0.05) is 18.0 Å². The van der Waals surface area contributed by atoms with Crippen LogP contribution in [0.2, 0.25) is 0 Å². The van der Waals surface area contributed by atoms with E-state index in [-0.39, 0.29) is 17.3 Å². The number of aromatic nitrogens is 2. The molecule has 21 heavy (non-hydrogen) atoms. The number of Topliss-reactive ketones (excluding diaryl/α,β-unsaturated/α-hetero) is 1. The Labute approximate surface area is 120 Å². The lowest BCUT2D eigenvalue weighted by atomic mass is 10.1. The molecule has 2 aromatic rings. The zero-order valence-electron chi connectivity index (χ0n) is 11.3. The Morgan fingerprint density at radius 3 is 2.43 bits per heavy atom. The summed E-state index contributed by atoms with van der Waals surface area (Å²) in [6, 6.07) is 6.48. The van der Waals surface area contributed by atoms with Gasteiger partial charge in [0.25, 0.3) is 0 Å². The van der Waals surface area contributed by atoms with E-state index in [9.17, 15) is 9.59 Å². The molecule has 7 heteroatoms. The second kappa shape index (κ2) is 6.47. The summed E-state index contributed by atoms with van der Waals surface area (Å²) in [5.74, 6) is -0.536. The number of ketones is 1. The molecule has 0 saturated heterocycles. The Hall–Kier alpha value is -2.96. The number of anilines is 1. The topological polar surface area (TPSA) is 104 Å². The van der Waals surface area contributed by atoms with Gasteiger partial charge < -0.3 is 15.2 Å². The molecule has 1 aromatic carbocycles. The lowest BCUT2D eigenvalue weighted by molar-refractivity contribution is 0.0469. The summed E-state index contributed by atoms with van der Waals surface area (Å²) < 4.78 is 9.87. The maximum Gasteiger partial charge on any atom is 0.361 e. The fraction of sp³-hybridized carbons (Fsp3) is 0.143. The summed E-state index contributed by atoms with van der Waals surface area (Å²) in [5, 5.41) is 0. The van der Waals surface area contributed by atoms with E-state index in [1.54, 1.807) is 24.3 Å². The van der Waals surface area contributed by atoms with Crippen LogP contribution in [0.3, 0.4) is 0 Å². The molecule has 1 aromatic heterocycles. The molecule has 7 nitrogen and oxygen atoms in total. The number of rotatable bonds is 5. The van der Waals surface area contributed by atoms with Crippen LogP contribution in [-0.4, -0.2) is 35.4 Å². The van der Waals surface area contributed by atoms with Crippen LogP contribution in [0.4, 0.5) is 5.82 Å². The maximum absolute atomic E-state index is 11.9. The molecular formula is C14H13N3O4. The predicted molar refractivity (Wildman–Crippen MR) is 74.1 cm³/mol. The van der Waals surface area contributed by atoms with Crippen molar-refractivity contribution in [3.63, 3.8) is 0 Å². The van der Waals surface area contributed by atoms with Crippen molar-refractivity contribution in [2.75, 3.05) is 19.5 Å². The van der Waals surface area contributed by atoms with Gasteiger partial charge in [-0.2, -0.15) is 0 Å². The second-order valence-electron chi connectivity index (χ2n) is 4.02. The summed E-state index contributed by atoms with van der Waals surface area (Å²) in [4.78, 5) is 31.1. The first-order valence-electron chi connectivity index (χ1n) is 6.02. The molecule has 0 unspecified atom stereocenters. The third-order valence-corrected chi connectivity index (χ3v) is 2.67. The molecule has 0 radical (unpaired) electrons. The standard InChI is InChI=1S/C14H13N3O4/c1-20-10-4-2-9(3-5-10)11(18)8-21-14(19)12-13(15)17-7-6-16-12/h2-7H,8H2,1H3,(H2,15,17). The maximum atomic E-state index is 11.9. The SMILES string of the molecule is COc1ccc(C(=O)COC(=O)c2nccnc2N)cc1. The zero-order chi connectivity index (χ0) is 15.2. The van der Waals surface area contributed by atoms with Crippen molar-refractivity contribution >= 4 is 17.6 Å². The predicted octanol–water partition coefficient (Wildman–Crippen LogP) is 1.11. The van der Waals surface area contributed by atoms with Gasteiger partial charge in [0.2, 0.25) is 0 Å². The Kier molecular flexibility index (Phi) is 4.45. The molecule has 2 rings (SSSR count). The number of nitrogens with two attached hydrogens (primary N) is 1. The van der Waals surface area contributed by atoms with E-state index in [0.717, 1.165) is 0 Å². The van der Waals surface area contributed by atoms with Gasteiger partial charge in [0.05, 0.1) is 7.11 Å². The fourth-order valence-corrected chi connectivity index (χ4v) is 1.57. The number of nitrogens with zero attached hydrogens (tertiary/aromatic N) is 2. The summed E-state index contributed by atoms with van der Waals surface area (Å²) in [5.41, 5.74) is 5.80. The molecular weight excluding hydrogens is 274 g/mol. The van der Waals surface area contributed by atoms with E-state index in [4.69, 9.17) is 15.2 Å². The van der Waals surface area contributed by atoms with Crippen molar-refractivity contribution in [3.05, 3.63) is 47.9 Å². The van der Waals surface area contributed by atoms with Crippen molar-refractivity contribution in [2.24, 2.45) is 0 Å². The molecule has 0 bridgehead atoms. The van der Waals surface area contributed by atoms with E-state index in [2.05, 4.69) is 9.97 Å². The van der Waals surface area contributed by atoms with E-state index < -0.39 is 12.6 Å². The lowest BCUT2D eigenvalue weighted by Crippen LogP contribution is -2.17. The van der Waals surface area contributed by atoms with Crippen LogP contribution in [0.15, 0.2) is 36.7 Å². The molecule has 0 fully saturated rings. The highest BCUT2D eigenvalue weighted by molar-refractivity contribution is 5.99. The monoisotopic (exact) mass is 287 g/mol. The molecule has 1 heterocycles. The van der Waals surface area contributed by atoms with Gasteiger partial charge in [-0.3, -0.25) is 4.79 Å². The zero-order valence-corrected chi connectivity index (χ0v) is 11.3. The highest BCUT2D eigenvalue weighted by Crippen LogP contribution is 2.12. The highest BCUT2D eigenvalue weighted by atomic mass is 16.5. The summed E-state index contributed by atoms with van der Waals surface area (Å²) in [7, 11) is 1.53. The number of hydrogen-bond donors (Lipinski definition) is 1. The largest absolute Gasteiger partial charge is 0.497 e. The van der Waals surface area contributed by atoms with E-state index >= 15 is 0 Å². The molecule has 2 N–H and O–H groups in total. The Morgan fingerprint density at radius 1 is 1.14 bits per heavy atom. The number of carbonyl (C=O) groups is 2. The molecule has 0 atom stereocenters. The Balaban J connectivity index is 1.97. The number of carbonyl (C=O) groups excluding carboxylic acids is 2. The molecule has 0 aliphatic heterocycles. The Morgan fingerprint density at radius 2 is 1.81 bits per heavy atom. The molecule has 0 aliphatic carbocycles. The number of esters is 1. The van der Waals surface area contributed by atoms with Gasteiger partial charge in [-0.1, -0.05) is 0 Å². The van der Waals surface area contributed by atoms with E-state index in [1.165, 1.54) is 19.5 Å². The van der Waals surface area contributed by atoms with Crippen LogP contribution in [0.25, 0.3) is 0 Å². The normalized spacial score (nSPS) is 9.95. The molecule has 0 aliphatic rings. The smallest absolute Gasteiger partial charge is 0.361 e. The quantitative estimate of drug-likeness (QED) is 0.648. The summed E-state index contributed by atoms with van der Waals surface area (Å²) >= 11 is 0.